The molecule has 0 radical (unpaired) electrons. The number of ether oxygens (including phenoxy) is 1. The number of benzene rings is 1. The lowest BCUT2D eigenvalue weighted by Crippen LogP contribution is -2.08. The fourth-order valence-corrected chi connectivity index (χ4v) is 1.31. The summed E-state index contributed by atoms with van der Waals surface area (Å²) in [5, 5.41) is 0. The maximum atomic E-state index is 11.4. The summed E-state index contributed by atoms with van der Waals surface area (Å²) in [5.74, 6) is -0.190. The van der Waals surface area contributed by atoms with Crippen LogP contribution in [-0.2, 0) is 9.53 Å². The second-order valence-corrected chi connectivity index (χ2v) is 3.20. The largest absolute Gasteiger partial charge is 0.463 e. The van der Waals surface area contributed by atoms with Crippen LogP contribution >= 0.6 is 11.6 Å². The van der Waals surface area contributed by atoms with Gasteiger partial charge in [0.2, 0.25) is 0 Å². The van der Waals surface area contributed by atoms with Crippen molar-refractivity contribution in [2.24, 2.45) is 0 Å². The molecule has 0 saturated carbocycles. The van der Waals surface area contributed by atoms with Gasteiger partial charge in [0.05, 0.1) is 18.1 Å². The molecule has 0 spiro atoms. The molecule has 80 valence electrons. The minimum Gasteiger partial charge on any atom is -0.463 e. The van der Waals surface area contributed by atoms with Crippen molar-refractivity contribution < 1.29 is 9.53 Å². The normalized spacial score (nSPS) is 11.2. The molecule has 1 rings (SSSR count). The first-order valence-electron chi connectivity index (χ1n) is 4.76. The molecule has 1 aromatic rings. The number of alkyl halides is 1. The Morgan fingerprint density at radius 2 is 2.07 bits per heavy atom. The van der Waals surface area contributed by atoms with E-state index in [0.29, 0.717) is 12.2 Å². The van der Waals surface area contributed by atoms with Gasteiger partial charge in [0.25, 0.3) is 0 Å². The quantitative estimate of drug-likeness (QED) is 0.447. The highest BCUT2D eigenvalue weighted by Crippen LogP contribution is 2.09. The third-order valence-corrected chi connectivity index (χ3v) is 2.11. The summed E-state index contributed by atoms with van der Waals surface area (Å²) in [6.45, 7) is 2.13. The molecule has 0 unspecified atom stereocenters. The van der Waals surface area contributed by atoms with E-state index >= 15 is 0 Å². The summed E-state index contributed by atoms with van der Waals surface area (Å²) in [6, 6.07) is 9.55. The van der Waals surface area contributed by atoms with Crippen LogP contribution in [0.4, 0.5) is 0 Å². The highest BCUT2D eigenvalue weighted by Gasteiger charge is 2.08. The summed E-state index contributed by atoms with van der Waals surface area (Å²) in [7, 11) is 0. The van der Waals surface area contributed by atoms with Gasteiger partial charge in [0, 0.05) is 0 Å². The first-order valence-corrected chi connectivity index (χ1v) is 5.30. The van der Waals surface area contributed by atoms with Crippen LogP contribution < -0.4 is 0 Å². The zero-order valence-corrected chi connectivity index (χ0v) is 9.33. The Balaban J connectivity index is 2.83. The van der Waals surface area contributed by atoms with Gasteiger partial charge < -0.3 is 4.74 Å². The lowest BCUT2D eigenvalue weighted by Gasteiger charge is -2.03. The van der Waals surface area contributed by atoms with E-state index in [1.165, 1.54) is 0 Å². The zero-order chi connectivity index (χ0) is 11.1. The summed E-state index contributed by atoms with van der Waals surface area (Å²) in [6.07, 6.45) is 1.74. The third-order valence-electron chi connectivity index (χ3n) is 1.82. The molecule has 0 aliphatic rings. The van der Waals surface area contributed by atoms with Crippen LogP contribution in [0.15, 0.2) is 35.9 Å². The van der Waals surface area contributed by atoms with Crippen LogP contribution in [0, 0.1) is 0 Å². The predicted octanol–water partition coefficient (Wildman–Crippen LogP) is 2.87. The van der Waals surface area contributed by atoms with Crippen molar-refractivity contribution in [3.63, 3.8) is 0 Å². The molecule has 0 saturated heterocycles. The predicted molar refractivity (Wildman–Crippen MR) is 61.8 cm³/mol. The fourth-order valence-electron chi connectivity index (χ4n) is 1.13. The van der Waals surface area contributed by atoms with Gasteiger partial charge in [-0.05, 0) is 18.6 Å². The lowest BCUT2D eigenvalue weighted by atomic mass is 10.1. The number of rotatable bonds is 4. The number of carbonyl (C=O) groups is 1. The molecule has 0 aliphatic carbocycles. The molecule has 0 heterocycles. The summed E-state index contributed by atoms with van der Waals surface area (Å²) < 4.78 is 4.88. The average molecular weight is 225 g/mol. The van der Waals surface area contributed by atoms with Gasteiger partial charge in [-0.2, -0.15) is 0 Å². The van der Waals surface area contributed by atoms with Gasteiger partial charge in [-0.25, -0.2) is 4.79 Å². The number of hydrogen-bond acceptors (Lipinski definition) is 2. The summed E-state index contributed by atoms with van der Waals surface area (Å²) >= 11 is 5.68. The zero-order valence-electron chi connectivity index (χ0n) is 8.57. The monoisotopic (exact) mass is 224 g/mol. The van der Waals surface area contributed by atoms with Crippen molar-refractivity contribution in [1.82, 2.24) is 0 Å². The van der Waals surface area contributed by atoms with E-state index in [0.717, 1.165) is 5.56 Å². The molecule has 3 heteroatoms. The SMILES string of the molecule is CCOC(=O)/C(=C\c1ccccc1)CCl. The van der Waals surface area contributed by atoms with Crippen LogP contribution in [0.1, 0.15) is 12.5 Å². The summed E-state index contributed by atoms with van der Waals surface area (Å²) in [5.41, 5.74) is 1.42. The molecular weight excluding hydrogens is 212 g/mol. The smallest absolute Gasteiger partial charge is 0.335 e. The Morgan fingerprint density at radius 1 is 1.40 bits per heavy atom. The van der Waals surface area contributed by atoms with E-state index in [9.17, 15) is 4.79 Å². The Kier molecular flexibility index (Phi) is 4.91. The van der Waals surface area contributed by atoms with Gasteiger partial charge in [-0.1, -0.05) is 30.3 Å². The van der Waals surface area contributed by atoms with Gasteiger partial charge in [-0.3, -0.25) is 0 Å². The first kappa shape index (κ1) is 11.8. The average Bonchev–Trinajstić information content (AvgIpc) is 2.27. The number of halogens is 1. The van der Waals surface area contributed by atoms with E-state index in [1.54, 1.807) is 13.0 Å². The maximum Gasteiger partial charge on any atom is 0.335 e. The second kappa shape index (κ2) is 6.25. The Labute approximate surface area is 94.5 Å². The molecule has 0 amide bonds. The van der Waals surface area contributed by atoms with Crippen LogP contribution in [0.3, 0.4) is 0 Å². The highest BCUT2D eigenvalue weighted by molar-refractivity contribution is 6.23. The Morgan fingerprint density at radius 3 is 2.60 bits per heavy atom. The molecule has 0 fully saturated rings. The Bertz CT molecular complexity index is 344. The van der Waals surface area contributed by atoms with Crippen molar-refractivity contribution in [2.45, 2.75) is 6.92 Å². The highest BCUT2D eigenvalue weighted by atomic mass is 35.5. The number of esters is 1. The van der Waals surface area contributed by atoms with E-state index in [2.05, 4.69) is 0 Å². The molecule has 2 nitrogen and oxygen atoms in total. The first-order chi connectivity index (χ1) is 7.27. The van der Waals surface area contributed by atoms with Gasteiger partial charge in [0.1, 0.15) is 0 Å². The number of hydrogen-bond donors (Lipinski definition) is 0. The summed E-state index contributed by atoms with van der Waals surface area (Å²) in [4.78, 5) is 11.4. The Hall–Kier alpha value is -1.28. The maximum absolute atomic E-state index is 11.4. The molecule has 0 aliphatic heterocycles. The van der Waals surface area contributed by atoms with Crippen molar-refractivity contribution in [3.05, 3.63) is 41.5 Å². The van der Waals surface area contributed by atoms with E-state index in [4.69, 9.17) is 16.3 Å². The van der Waals surface area contributed by atoms with Crippen molar-refractivity contribution in [2.75, 3.05) is 12.5 Å². The van der Waals surface area contributed by atoms with Crippen LogP contribution in [0.25, 0.3) is 6.08 Å². The molecule has 15 heavy (non-hydrogen) atoms. The lowest BCUT2D eigenvalue weighted by molar-refractivity contribution is -0.138. The molecule has 0 N–H and O–H groups in total. The second-order valence-electron chi connectivity index (χ2n) is 2.93. The van der Waals surface area contributed by atoms with Crippen molar-refractivity contribution in [3.8, 4) is 0 Å². The topological polar surface area (TPSA) is 26.3 Å². The number of carbonyl (C=O) groups excluding carboxylic acids is 1. The van der Waals surface area contributed by atoms with Gasteiger partial charge >= 0.3 is 5.97 Å². The van der Waals surface area contributed by atoms with Crippen LogP contribution in [0.2, 0.25) is 0 Å². The molecule has 0 atom stereocenters. The van der Waals surface area contributed by atoms with E-state index in [1.807, 2.05) is 30.3 Å². The van der Waals surface area contributed by atoms with Crippen molar-refractivity contribution >= 4 is 23.6 Å². The standard InChI is InChI=1S/C12H13ClO2/c1-2-15-12(14)11(9-13)8-10-6-4-3-5-7-10/h3-8H,2,9H2,1H3/b11-8-. The molecule has 1 aromatic carbocycles. The van der Waals surface area contributed by atoms with Gasteiger partial charge in [0.15, 0.2) is 0 Å². The third kappa shape index (κ3) is 3.76. The molecule has 0 aromatic heterocycles. The van der Waals surface area contributed by atoms with Gasteiger partial charge in [-0.15, -0.1) is 11.6 Å². The van der Waals surface area contributed by atoms with Crippen molar-refractivity contribution in [1.29, 1.82) is 0 Å². The van der Waals surface area contributed by atoms with E-state index in [-0.39, 0.29) is 11.8 Å². The minimum atomic E-state index is -0.351. The van der Waals surface area contributed by atoms with E-state index < -0.39 is 0 Å². The fraction of sp³-hybridized carbons (Fsp3) is 0.250. The minimum absolute atomic E-state index is 0.160. The van der Waals surface area contributed by atoms with Crippen LogP contribution in [0.5, 0.6) is 0 Å². The van der Waals surface area contributed by atoms with Crippen LogP contribution in [-0.4, -0.2) is 18.5 Å². The molecular formula is C12H13ClO2. The molecule has 0 bridgehead atoms.